The van der Waals surface area contributed by atoms with Crippen molar-refractivity contribution in [1.29, 1.82) is 0 Å². The Balaban J connectivity index is 0.00000144. The van der Waals surface area contributed by atoms with E-state index in [4.69, 9.17) is 10.5 Å². The van der Waals surface area contributed by atoms with E-state index in [9.17, 15) is 4.39 Å². The fourth-order valence-corrected chi connectivity index (χ4v) is 2.21. The monoisotopic (exact) mass is 259 g/mol. The first-order valence-corrected chi connectivity index (χ1v) is 5.84. The summed E-state index contributed by atoms with van der Waals surface area (Å²) < 4.78 is 18.3. The van der Waals surface area contributed by atoms with Gasteiger partial charge in [0, 0.05) is 19.3 Å². The van der Waals surface area contributed by atoms with Crippen LogP contribution in [0.1, 0.15) is 30.9 Å². The predicted molar refractivity (Wildman–Crippen MR) is 68.7 cm³/mol. The smallest absolute Gasteiger partial charge is 0.123 e. The average Bonchev–Trinajstić information content (AvgIpc) is 2.30. The zero-order valence-corrected chi connectivity index (χ0v) is 10.6. The van der Waals surface area contributed by atoms with Gasteiger partial charge in [-0.05, 0) is 42.9 Å². The van der Waals surface area contributed by atoms with Gasteiger partial charge in [-0.3, -0.25) is 0 Å². The lowest BCUT2D eigenvalue weighted by Crippen LogP contribution is -2.21. The molecule has 1 unspecified atom stereocenters. The van der Waals surface area contributed by atoms with Crippen LogP contribution in [0.15, 0.2) is 24.3 Å². The van der Waals surface area contributed by atoms with Crippen LogP contribution in [0.5, 0.6) is 0 Å². The minimum atomic E-state index is -0.208. The highest BCUT2D eigenvalue weighted by atomic mass is 35.5. The molecule has 1 saturated heterocycles. The molecule has 96 valence electrons. The summed E-state index contributed by atoms with van der Waals surface area (Å²) in [6.45, 7) is 1.67. The zero-order valence-electron chi connectivity index (χ0n) is 9.77. The number of ether oxygens (including phenoxy) is 1. The Morgan fingerprint density at radius 2 is 2.06 bits per heavy atom. The minimum Gasteiger partial charge on any atom is -0.381 e. The number of benzene rings is 1. The highest BCUT2D eigenvalue weighted by Crippen LogP contribution is 2.26. The number of hydrogen-bond acceptors (Lipinski definition) is 2. The van der Waals surface area contributed by atoms with Crippen molar-refractivity contribution >= 4 is 12.4 Å². The van der Waals surface area contributed by atoms with Gasteiger partial charge in [0.1, 0.15) is 5.82 Å². The first-order chi connectivity index (χ1) is 7.75. The lowest BCUT2D eigenvalue weighted by atomic mass is 9.90. The third-order valence-electron chi connectivity index (χ3n) is 3.20. The van der Waals surface area contributed by atoms with Crippen molar-refractivity contribution in [3.63, 3.8) is 0 Å². The molecule has 17 heavy (non-hydrogen) atoms. The Kier molecular flexibility index (Phi) is 5.89. The summed E-state index contributed by atoms with van der Waals surface area (Å²) in [5.74, 6) is 0.409. The summed E-state index contributed by atoms with van der Waals surface area (Å²) in [5.41, 5.74) is 6.98. The molecule has 1 aromatic carbocycles. The Hall–Kier alpha value is -0.640. The molecule has 0 aromatic heterocycles. The molecule has 1 aliphatic rings. The molecule has 1 fully saturated rings. The second kappa shape index (κ2) is 6.94. The maximum Gasteiger partial charge on any atom is 0.123 e. The van der Waals surface area contributed by atoms with Crippen molar-refractivity contribution in [3.8, 4) is 0 Å². The highest BCUT2D eigenvalue weighted by Gasteiger charge is 2.18. The largest absolute Gasteiger partial charge is 0.381 e. The van der Waals surface area contributed by atoms with Crippen molar-refractivity contribution in [2.45, 2.75) is 25.3 Å². The third kappa shape index (κ3) is 4.26. The van der Waals surface area contributed by atoms with Crippen molar-refractivity contribution in [2.24, 2.45) is 11.7 Å². The van der Waals surface area contributed by atoms with Gasteiger partial charge >= 0.3 is 0 Å². The molecule has 1 heterocycles. The molecule has 1 aliphatic heterocycles. The van der Waals surface area contributed by atoms with Crippen LogP contribution in [0.4, 0.5) is 4.39 Å². The van der Waals surface area contributed by atoms with Crippen LogP contribution in [0, 0.1) is 11.7 Å². The number of hydrogen-bond donors (Lipinski definition) is 1. The van der Waals surface area contributed by atoms with Gasteiger partial charge < -0.3 is 10.5 Å². The zero-order chi connectivity index (χ0) is 11.4. The van der Waals surface area contributed by atoms with Gasteiger partial charge in [0.25, 0.3) is 0 Å². The SMILES string of the molecule is Cl.NC(CC1CCOCC1)c1cccc(F)c1. The van der Waals surface area contributed by atoms with Gasteiger partial charge in [0.2, 0.25) is 0 Å². The topological polar surface area (TPSA) is 35.2 Å². The minimum absolute atomic E-state index is 0. The third-order valence-corrected chi connectivity index (χ3v) is 3.20. The fourth-order valence-electron chi connectivity index (χ4n) is 2.21. The summed E-state index contributed by atoms with van der Waals surface area (Å²) >= 11 is 0. The summed E-state index contributed by atoms with van der Waals surface area (Å²) in [4.78, 5) is 0. The van der Waals surface area contributed by atoms with Crippen LogP contribution in [0.3, 0.4) is 0 Å². The van der Waals surface area contributed by atoms with E-state index in [1.165, 1.54) is 12.1 Å². The first kappa shape index (κ1) is 14.4. The number of halogens is 2. The van der Waals surface area contributed by atoms with Gasteiger partial charge in [-0.1, -0.05) is 12.1 Å². The van der Waals surface area contributed by atoms with Crippen LogP contribution < -0.4 is 5.73 Å². The molecule has 2 N–H and O–H groups in total. The molecular weight excluding hydrogens is 241 g/mol. The molecule has 1 atom stereocenters. The molecule has 0 spiro atoms. The Labute approximate surface area is 108 Å². The van der Waals surface area contributed by atoms with Crippen LogP contribution >= 0.6 is 12.4 Å². The molecule has 0 aliphatic carbocycles. The predicted octanol–water partition coefficient (Wildman–Crippen LogP) is 3.06. The van der Waals surface area contributed by atoms with E-state index in [0.29, 0.717) is 5.92 Å². The van der Waals surface area contributed by atoms with E-state index in [1.807, 2.05) is 6.07 Å². The second-order valence-corrected chi connectivity index (χ2v) is 4.45. The normalized spacial score (nSPS) is 18.5. The second-order valence-electron chi connectivity index (χ2n) is 4.45. The van der Waals surface area contributed by atoms with E-state index in [2.05, 4.69) is 0 Å². The van der Waals surface area contributed by atoms with Gasteiger partial charge in [0.05, 0.1) is 0 Å². The molecule has 2 nitrogen and oxygen atoms in total. The quantitative estimate of drug-likeness (QED) is 0.906. The van der Waals surface area contributed by atoms with Crippen LogP contribution in [0.2, 0.25) is 0 Å². The van der Waals surface area contributed by atoms with Gasteiger partial charge in [-0.2, -0.15) is 0 Å². The van der Waals surface area contributed by atoms with Gasteiger partial charge in [-0.25, -0.2) is 4.39 Å². The Morgan fingerprint density at radius 1 is 1.35 bits per heavy atom. The first-order valence-electron chi connectivity index (χ1n) is 5.84. The van der Waals surface area contributed by atoms with Crippen molar-refractivity contribution < 1.29 is 9.13 Å². The maximum absolute atomic E-state index is 13.0. The average molecular weight is 260 g/mol. The number of rotatable bonds is 3. The Bertz CT molecular complexity index is 342. The maximum atomic E-state index is 13.0. The molecule has 0 saturated carbocycles. The van der Waals surface area contributed by atoms with Crippen LogP contribution in [-0.2, 0) is 4.74 Å². The van der Waals surface area contributed by atoms with Crippen LogP contribution in [-0.4, -0.2) is 13.2 Å². The van der Waals surface area contributed by atoms with Crippen molar-refractivity contribution in [3.05, 3.63) is 35.6 Å². The standard InChI is InChI=1S/C13H18FNO.ClH/c14-12-3-1-2-11(9-12)13(15)8-10-4-6-16-7-5-10;/h1-3,9-10,13H,4-8,15H2;1H. The van der Waals surface area contributed by atoms with Crippen LogP contribution in [0.25, 0.3) is 0 Å². The van der Waals surface area contributed by atoms with Gasteiger partial charge in [0.15, 0.2) is 0 Å². The highest BCUT2D eigenvalue weighted by molar-refractivity contribution is 5.85. The lowest BCUT2D eigenvalue weighted by Gasteiger charge is -2.24. The van der Waals surface area contributed by atoms with E-state index in [1.54, 1.807) is 6.07 Å². The number of nitrogens with two attached hydrogens (primary N) is 1. The lowest BCUT2D eigenvalue weighted by molar-refractivity contribution is 0.0618. The van der Waals surface area contributed by atoms with E-state index < -0.39 is 0 Å². The molecule has 2 rings (SSSR count). The summed E-state index contributed by atoms with van der Waals surface area (Å²) in [5, 5.41) is 0. The molecule has 1 aromatic rings. The summed E-state index contributed by atoms with van der Waals surface area (Å²) in [6.07, 6.45) is 3.07. The van der Waals surface area contributed by atoms with E-state index in [-0.39, 0.29) is 24.3 Å². The Morgan fingerprint density at radius 3 is 2.71 bits per heavy atom. The summed E-state index contributed by atoms with van der Waals surface area (Å²) in [6, 6.07) is 6.54. The molecule has 0 amide bonds. The molecular formula is C13H19ClFNO. The van der Waals surface area contributed by atoms with E-state index >= 15 is 0 Å². The fraction of sp³-hybridized carbons (Fsp3) is 0.538. The molecule has 0 bridgehead atoms. The summed E-state index contributed by atoms with van der Waals surface area (Å²) in [7, 11) is 0. The van der Waals surface area contributed by atoms with Crippen molar-refractivity contribution in [1.82, 2.24) is 0 Å². The van der Waals surface area contributed by atoms with Gasteiger partial charge in [-0.15, -0.1) is 12.4 Å². The van der Waals surface area contributed by atoms with Crippen molar-refractivity contribution in [2.75, 3.05) is 13.2 Å². The van der Waals surface area contributed by atoms with E-state index in [0.717, 1.165) is 38.0 Å². The molecule has 4 heteroatoms. The molecule has 0 radical (unpaired) electrons.